The number of carbonyl (C=O) groups is 2. The van der Waals surface area contributed by atoms with Crippen LogP contribution in [0.4, 0.5) is 11.5 Å². The first-order chi connectivity index (χ1) is 14.9. The van der Waals surface area contributed by atoms with Crippen LogP contribution in [0.15, 0.2) is 24.3 Å². The van der Waals surface area contributed by atoms with E-state index in [9.17, 15) is 9.59 Å². The fourth-order valence-corrected chi connectivity index (χ4v) is 4.30. The predicted molar refractivity (Wildman–Crippen MR) is 122 cm³/mol. The Hall–Kier alpha value is -2.96. The molecule has 2 aliphatic rings. The molecular formula is C24H31N5O2. The number of benzene rings is 1. The Kier molecular flexibility index (Phi) is 5.94. The molecule has 0 radical (unpaired) electrons. The number of piperazine rings is 1. The Balaban J connectivity index is 1.43. The molecule has 0 atom stereocenters. The van der Waals surface area contributed by atoms with Crippen molar-refractivity contribution in [1.29, 1.82) is 0 Å². The molecule has 1 fully saturated rings. The summed E-state index contributed by atoms with van der Waals surface area (Å²) in [6.07, 6.45) is 1.30. The number of aryl methyl sites for hydroxylation is 1. The molecule has 1 aromatic heterocycles. The molecule has 7 heteroatoms. The van der Waals surface area contributed by atoms with Crippen molar-refractivity contribution in [2.45, 2.75) is 46.5 Å². The van der Waals surface area contributed by atoms with Gasteiger partial charge in [-0.2, -0.15) is 0 Å². The van der Waals surface area contributed by atoms with Gasteiger partial charge in [-0.05, 0) is 37.1 Å². The molecule has 4 rings (SSSR count). The molecule has 0 N–H and O–H groups in total. The number of carbonyl (C=O) groups excluding carboxylic acids is 2. The summed E-state index contributed by atoms with van der Waals surface area (Å²) in [4.78, 5) is 40.5. The number of anilines is 2. The summed E-state index contributed by atoms with van der Waals surface area (Å²) in [5.41, 5.74) is 3.72. The Morgan fingerprint density at radius 1 is 1.03 bits per heavy atom. The number of hydrogen-bond donors (Lipinski definition) is 0. The van der Waals surface area contributed by atoms with Crippen LogP contribution in [0.3, 0.4) is 0 Å². The van der Waals surface area contributed by atoms with Crippen molar-refractivity contribution in [2.24, 2.45) is 0 Å². The third kappa shape index (κ3) is 4.27. The molecule has 7 nitrogen and oxygen atoms in total. The molecule has 2 aromatic rings. The van der Waals surface area contributed by atoms with Crippen molar-refractivity contribution < 1.29 is 9.59 Å². The summed E-state index contributed by atoms with van der Waals surface area (Å²) in [6.45, 7) is 11.6. The van der Waals surface area contributed by atoms with Crippen molar-refractivity contribution >= 4 is 23.3 Å². The van der Waals surface area contributed by atoms with Crippen LogP contribution in [0, 0.1) is 6.92 Å². The number of hydrogen-bond acceptors (Lipinski definition) is 5. The topological polar surface area (TPSA) is 69.6 Å². The van der Waals surface area contributed by atoms with Crippen molar-refractivity contribution in [3.63, 3.8) is 0 Å². The van der Waals surface area contributed by atoms with Crippen molar-refractivity contribution in [3.05, 3.63) is 46.9 Å². The molecule has 0 spiro atoms. The summed E-state index contributed by atoms with van der Waals surface area (Å²) >= 11 is 0. The van der Waals surface area contributed by atoms with Gasteiger partial charge in [0.25, 0.3) is 5.91 Å². The first-order valence-corrected chi connectivity index (χ1v) is 11.2. The molecule has 164 valence electrons. The monoisotopic (exact) mass is 421 g/mol. The summed E-state index contributed by atoms with van der Waals surface area (Å²) in [5.74, 6) is 2.28. The van der Waals surface area contributed by atoms with Crippen LogP contribution in [-0.2, 0) is 11.2 Å². The summed E-state index contributed by atoms with van der Waals surface area (Å²) < 4.78 is 0. The first kappa shape index (κ1) is 21.3. The van der Waals surface area contributed by atoms with E-state index in [0.717, 1.165) is 48.1 Å². The number of rotatable bonds is 4. The van der Waals surface area contributed by atoms with Crippen LogP contribution < -0.4 is 9.80 Å². The summed E-state index contributed by atoms with van der Waals surface area (Å²) in [6, 6.07) is 7.77. The van der Waals surface area contributed by atoms with Gasteiger partial charge in [-0.1, -0.05) is 20.8 Å². The lowest BCUT2D eigenvalue weighted by molar-refractivity contribution is -0.118. The molecule has 1 aromatic carbocycles. The number of aromatic nitrogens is 2. The van der Waals surface area contributed by atoms with Gasteiger partial charge in [-0.3, -0.25) is 9.59 Å². The highest BCUT2D eigenvalue weighted by molar-refractivity contribution is 5.98. The van der Waals surface area contributed by atoms with E-state index in [1.807, 2.05) is 47.9 Å². The van der Waals surface area contributed by atoms with E-state index >= 15 is 0 Å². The Morgan fingerprint density at radius 3 is 2.45 bits per heavy atom. The molecule has 0 aliphatic carbocycles. The molecule has 2 aliphatic heterocycles. The van der Waals surface area contributed by atoms with Crippen LogP contribution in [0.1, 0.15) is 60.5 Å². The maximum Gasteiger partial charge on any atom is 0.253 e. The minimum Gasteiger partial charge on any atom is -0.353 e. The molecule has 0 unspecified atom stereocenters. The van der Waals surface area contributed by atoms with E-state index in [1.54, 1.807) is 0 Å². The summed E-state index contributed by atoms with van der Waals surface area (Å²) in [7, 11) is 0. The molecular weight excluding hydrogens is 390 g/mol. The van der Waals surface area contributed by atoms with Gasteiger partial charge in [0.05, 0.1) is 0 Å². The maximum atomic E-state index is 13.1. The van der Waals surface area contributed by atoms with Gasteiger partial charge in [0.1, 0.15) is 11.6 Å². The minimum atomic E-state index is 0.0597. The number of nitrogens with zero attached hydrogens (tertiary/aromatic N) is 5. The minimum absolute atomic E-state index is 0.0597. The quantitative estimate of drug-likeness (QED) is 0.758. The molecule has 3 heterocycles. The van der Waals surface area contributed by atoms with Crippen molar-refractivity contribution in [3.8, 4) is 0 Å². The highest BCUT2D eigenvalue weighted by Gasteiger charge is 2.27. The van der Waals surface area contributed by atoms with Gasteiger partial charge >= 0.3 is 0 Å². The zero-order valence-electron chi connectivity index (χ0n) is 18.9. The van der Waals surface area contributed by atoms with Gasteiger partial charge in [-0.15, -0.1) is 0 Å². The maximum absolute atomic E-state index is 13.1. The van der Waals surface area contributed by atoms with Crippen molar-refractivity contribution in [1.82, 2.24) is 14.9 Å². The number of fused-ring (bicyclic) bond motifs is 1. The van der Waals surface area contributed by atoms with E-state index in [-0.39, 0.29) is 17.7 Å². The second-order valence-corrected chi connectivity index (χ2v) is 8.65. The lowest BCUT2D eigenvalue weighted by Gasteiger charge is -2.35. The Morgan fingerprint density at radius 2 is 1.77 bits per heavy atom. The van der Waals surface area contributed by atoms with Gasteiger partial charge in [-0.25, -0.2) is 9.97 Å². The standard InChI is InChI=1S/C24H31N5O2/c1-5-22(30)29-9-8-18-15-19(6-7-20(18)29)24(31)28-12-10-27(11-13-28)21-14-17(4)25-23(26-21)16(2)3/h6-7,14-16H,5,8-13H2,1-4H3. The van der Waals surface area contributed by atoms with Crippen LogP contribution in [0.2, 0.25) is 0 Å². The third-order valence-electron chi connectivity index (χ3n) is 6.09. The summed E-state index contributed by atoms with van der Waals surface area (Å²) in [5, 5.41) is 0. The molecule has 0 saturated carbocycles. The van der Waals surface area contributed by atoms with E-state index in [4.69, 9.17) is 4.98 Å². The van der Waals surface area contributed by atoms with Gasteiger partial charge < -0.3 is 14.7 Å². The molecule has 1 saturated heterocycles. The lowest BCUT2D eigenvalue weighted by atomic mass is 10.1. The van der Waals surface area contributed by atoms with Gasteiger partial charge in [0.15, 0.2) is 0 Å². The van der Waals surface area contributed by atoms with E-state index in [2.05, 4.69) is 23.7 Å². The highest BCUT2D eigenvalue weighted by Crippen LogP contribution is 2.30. The molecule has 2 amide bonds. The number of amides is 2. The smallest absolute Gasteiger partial charge is 0.253 e. The molecule has 0 bridgehead atoms. The fraction of sp³-hybridized carbons (Fsp3) is 0.500. The van der Waals surface area contributed by atoms with Gasteiger partial charge in [0.2, 0.25) is 5.91 Å². The Bertz CT molecular complexity index is 995. The average molecular weight is 422 g/mol. The van der Waals surface area contributed by atoms with Crippen LogP contribution >= 0.6 is 0 Å². The predicted octanol–water partition coefficient (Wildman–Crippen LogP) is 3.17. The lowest BCUT2D eigenvalue weighted by Crippen LogP contribution is -2.49. The van der Waals surface area contributed by atoms with Gasteiger partial charge in [0, 0.05) is 68.1 Å². The molecule has 31 heavy (non-hydrogen) atoms. The van der Waals surface area contributed by atoms with Crippen LogP contribution in [-0.4, -0.2) is 59.4 Å². The normalized spacial score (nSPS) is 16.1. The Labute approximate surface area is 184 Å². The first-order valence-electron chi connectivity index (χ1n) is 11.2. The van der Waals surface area contributed by atoms with Crippen LogP contribution in [0.25, 0.3) is 0 Å². The van der Waals surface area contributed by atoms with Crippen LogP contribution in [0.5, 0.6) is 0 Å². The zero-order chi connectivity index (χ0) is 22.1. The largest absolute Gasteiger partial charge is 0.353 e. The van der Waals surface area contributed by atoms with E-state index in [0.29, 0.717) is 31.6 Å². The zero-order valence-corrected chi connectivity index (χ0v) is 18.9. The highest BCUT2D eigenvalue weighted by atomic mass is 16.2. The second kappa shape index (κ2) is 8.65. The van der Waals surface area contributed by atoms with E-state index < -0.39 is 0 Å². The SMILES string of the molecule is CCC(=O)N1CCc2cc(C(=O)N3CCN(c4cc(C)nc(C(C)C)n4)CC3)ccc21. The average Bonchev–Trinajstić information content (AvgIpc) is 3.21. The second-order valence-electron chi connectivity index (χ2n) is 8.65. The third-order valence-corrected chi connectivity index (χ3v) is 6.09. The van der Waals surface area contributed by atoms with Crippen molar-refractivity contribution in [2.75, 3.05) is 42.5 Å². The fourth-order valence-electron chi connectivity index (χ4n) is 4.30. The van der Waals surface area contributed by atoms with E-state index in [1.165, 1.54) is 0 Å².